The molecular weight excluding hydrogens is 360 g/mol. The highest BCUT2D eigenvalue weighted by Gasteiger charge is 2.21. The number of aryl methyl sites for hydroxylation is 2. The molecule has 9 heteroatoms. The third kappa shape index (κ3) is 3.49. The Balaban J connectivity index is 2.36. The van der Waals surface area contributed by atoms with Crippen LogP contribution < -0.4 is 10.5 Å². The average Bonchev–Trinajstić information content (AvgIpc) is 2.69. The van der Waals surface area contributed by atoms with Crippen LogP contribution in [-0.4, -0.2) is 24.1 Å². The van der Waals surface area contributed by atoms with E-state index in [0.717, 1.165) is 10.0 Å². The largest absolute Gasteiger partial charge is 0.304 e. The number of carbonyl (C=O) groups is 1. The molecule has 2 rings (SSSR count). The van der Waals surface area contributed by atoms with Crippen molar-refractivity contribution in [3.05, 3.63) is 40.0 Å². The van der Waals surface area contributed by atoms with Gasteiger partial charge < -0.3 is 5.32 Å². The van der Waals surface area contributed by atoms with Gasteiger partial charge in [0, 0.05) is 23.3 Å². The number of aromatic nitrogens is 2. The fourth-order valence-corrected chi connectivity index (χ4v) is 2.95. The molecule has 1 aromatic heterocycles. The Morgan fingerprint density at radius 1 is 1.43 bits per heavy atom. The minimum Gasteiger partial charge on any atom is -0.304 e. The number of benzene rings is 1. The summed E-state index contributed by atoms with van der Waals surface area (Å²) in [5.74, 6) is -0.545. The summed E-state index contributed by atoms with van der Waals surface area (Å²) in [5, 5.41) is 11.5. The van der Waals surface area contributed by atoms with Crippen LogP contribution in [0.25, 0.3) is 0 Å². The molecule has 2 aromatic rings. The van der Waals surface area contributed by atoms with Gasteiger partial charge in [0.05, 0.1) is 0 Å². The van der Waals surface area contributed by atoms with E-state index in [4.69, 9.17) is 5.14 Å². The van der Waals surface area contributed by atoms with Gasteiger partial charge in [-0.05, 0) is 30.7 Å². The molecule has 0 fully saturated rings. The molecule has 0 aliphatic rings. The van der Waals surface area contributed by atoms with Gasteiger partial charge in [0.25, 0.3) is 5.91 Å². The summed E-state index contributed by atoms with van der Waals surface area (Å²) >= 11 is 3.31. The van der Waals surface area contributed by atoms with Crippen molar-refractivity contribution in [3.63, 3.8) is 0 Å². The van der Waals surface area contributed by atoms with Crippen LogP contribution in [0.15, 0.2) is 33.8 Å². The normalized spacial score (nSPS) is 11.4. The second kappa shape index (κ2) is 5.58. The number of carbonyl (C=O) groups excluding carboxylic acids is 1. The Morgan fingerprint density at radius 3 is 2.67 bits per heavy atom. The predicted octanol–water partition coefficient (Wildman–Crippen LogP) is 1.39. The lowest BCUT2D eigenvalue weighted by molar-refractivity contribution is 0.102. The van der Waals surface area contributed by atoms with Crippen molar-refractivity contribution >= 4 is 37.7 Å². The lowest BCUT2D eigenvalue weighted by atomic mass is 10.1. The zero-order valence-corrected chi connectivity index (χ0v) is 13.7. The van der Waals surface area contributed by atoms with Crippen molar-refractivity contribution in [1.82, 2.24) is 9.78 Å². The molecule has 1 amide bonds. The van der Waals surface area contributed by atoms with E-state index in [1.54, 1.807) is 25.1 Å². The van der Waals surface area contributed by atoms with Crippen molar-refractivity contribution < 1.29 is 13.2 Å². The minimum absolute atomic E-state index is 0.0904. The first-order valence-corrected chi connectivity index (χ1v) is 8.16. The molecular formula is C12H13BrN4O3S. The highest BCUT2D eigenvalue weighted by Crippen LogP contribution is 2.20. The van der Waals surface area contributed by atoms with Crippen LogP contribution in [0.2, 0.25) is 0 Å². The third-order valence-corrected chi connectivity index (χ3v) is 4.17. The van der Waals surface area contributed by atoms with Crippen molar-refractivity contribution in [2.24, 2.45) is 12.2 Å². The molecule has 7 nitrogen and oxygen atoms in total. The summed E-state index contributed by atoms with van der Waals surface area (Å²) in [6.45, 7) is 1.78. The predicted molar refractivity (Wildman–Crippen MR) is 81.4 cm³/mol. The first-order chi connectivity index (χ1) is 9.68. The molecule has 0 spiro atoms. The molecule has 0 unspecified atom stereocenters. The van der Waals surface area contributed by atoms with Crippen LogP contribution in [0.1, 0.15) is 15.9 Å². The molecule has 0 aliphatic carbocycles. The second-order valence-electron chi connectivity index (χ2n) is 4.47. The molecule has 3 N–H and O–H groups in total. The molecule has 0 saturated carbocycles. The number of sulfonamides is 1. The number of nitrogens with zero attached hydrogens (tertiary/aromatic N) is 2. The van der Waals surface area contributed by atoms with Gasteiger partial charge in [-0.25, -0.2) is 13.6 Å². The van der Waals surface area contributed by atoms with Gasteiger partial charge in [0.2, 0.25) is 10.0 Å². The molecule has 0 saturated heterocycles. The second-order valence-corrected chi connectivity index (χ2v) is 6.92. The summed E-state index contributed by atoms with van der Waals surface area (Å²) < 4.78 is 25.0. The van der Waals surface area contributed by atoms with Gasteiger partial charge in [-0.3, -0.25) is 9.48 Å². The van der Waals surface area contributed by atoms with Crippen molar-refractivity contribution in [2.45, 2.75) is 11.8 Å². The Hall–Kier alpha value is -1.71. The van der Waals surface area contributed by atoms with Gasteiger partial charge in [-0.2, -0.15) is 5.10 Å². The van der Waals surface area contributed by atoms with Crippen molar-refractivity contribution in [1.29, 1.82) is 0 Å². The summed E-state index contributed by atoms with van der Waals surface area (Å²) in [7, 11) is -2.43. The smallest absolute Gasteiger partial charge is 0.257 e. The van der Waals surface area contributed by atoms with E-state index in [-0.39, 0.29) is 10.7 Å². The molecule has 0 atom stereocenters. The molecule has 0 aliphatic heterocycles. The Labute approximate surface area is 130 Å². The maximum Gasteiger partial charge on any atom is 0.257 e. The molecule has 21 heavy (non-hydrogen) atoms. The number of amides is 1. The standard InChI is InChI=1S/C12H13BrN4O3S/c1-7-5-8(13)3-4-9(7)12(18)15-11-10(21(14,19)20)6-17(2)16-11/h3-6H,1-2H3,(H2,14,19,20)(H,15,16,18). The fraction of sp³-hybridized carbons (Fsp3) is 0.167. The highest BCUT2D eigenvalue weighted by atomic mass is 79.9. The summed E-state index contributed by atoms with van der Waals surface area (Å²) in [4.78, 5) is 12.0. The number of hydrogen-bond acceptors (Lipinski definition) is 4. The number of nitrogens with two attached hydrogens (primary N) is 1. The lowest BCUT2D eigenvalue weighted by Crippen LogP contribution is -2.18. The van der Waals surface area contributed by atoms with E-state index in [1.807, 2.05) is 0 Å². The lowest BCUT2D eigenvalue weighted by Gasteiger charge is -2.07. The van der Waals surface area contributed by atoms with Crippen LogP contribution in [0.3, 0.4) is 0 Å². The number of nitrogens with one attached hydrogen (secondary N) is 1. The summed E-state index contributed by atoms with van der Waals surface area (Å²) in [5.41, 5.74) is 1.17. The van der Waals surface area contributed by atoms with E-state index in [0.29, 0.717) is 5.56 Å². The van der Waals surface area contributed by atoms with Crippen LogP contribution in [0, 0.1) is 6.92 Å². The van der Waals surface area contributed by atoms with Crippen LogP contribution in [0.5, 0.6) is 0 Å². The van der Waals surface area contributed by atoms with Crippen molar-refractivity contribution in [2.75, 3.05) is 5.32 Å². The van der Waals surface area contributed by atoms with Gasteiger partial charge in [0.15, 0.2) is 5.82 Å². The zero-order valence-electron chi connectivity index (χ0n) is 11.3. The topological polar surface area (TPSA) is 107 Å². The van der Waals surface area contributed by atoms with E-state index in [2.05, 4.69) is 26.3 Å². The van der Waals surface area contributed by atoms with E-state index in [1.165, 1.54) is 17.9 Å². The van der Waals surface area contributed by atoms with Gasteiger partial charge in [0.1, 0.15) is 4.90 Å². The Morgan fingerprint density at radius 2 is 2.10 bits per heavy atom. The Kier molecular flexibility index (Phi) is 4.17. The SMILES string of the molecule is Cc1cc(Br)ccc1C(=O)Nc1nn(C)cc1S(N)(=O)=O. The quantitative estimate of drug-likeness (QED) is 0.848. The molecule has 112 valence electrons. The number of anilines is 1. The number of rotatable bonds is 3. The molecule has 1 heterocycles. The van der Waals surface area contributed by atoms with Crippen molar-refractivity contribution in [3.8, 4) is 0 Å². The number of primary sulfonamides is 1. The molecule has 0 bridgehead atoms. The highest BCUT2D eigenvalue weighted by molar-refractivity contribution is 9.10. The van der Waals surface area contributed by atoms with Gasteiger partial charge >= 0.3 is 0 Å². The fourth-order valence-electron chi connectivity index (χ4n) is 1.82. The first-order valence-electron chi connectivity index (χ1n) is 5.82. The van der Waals surface area contributed by atoms with Crippen LogP contribution in [-0.2, 0) is 17.1 Å². The molecule has 0 radical (unpaired) electrons. The van der Waals surface area contributed by atoms with E-state index >= 15 is 0 Å². The first kappa shape index (κ1) is 15.7. The summed E-state index contributed by atoms with van der Waals surface area (Å²) in [6, 6.07) is 5.14. The maximum absolute atomic E-state index is 12.2. The Bertz CT molecular complexity index is 814. The van der Waals surface area contributed by atoms with Crippen LogP contribution >= 0.6 is 15.9 Å². The summed E-state index contributed by atoms with van der Waals surface area (Å²) in [6.07, 6.45) is 1.24. The van der Waals surface area contributed by atoms with Crippen LogP contribution in [0.4, 0.5) is 5.82 Å². The third-order valence-electron chi connectivity index (χ3n) is 2.77. The van der Waals surface area contributed by atoms with Gasteiger partial charge in [-0.15, -0.1) is 0 Å². The minimum atomic E-state index is -3.96. The van der Waals surface area contributed by atoms with E-state index < -0.39 is 15.9 Å². The van der Waals surface area contributed by atoms with E-state index in [9.17, 15) is 13.2 Å². The molecule has 1 aromatic carbocycles. The monoisotopic (exact) mass is 372 g/mol. The zero-order chi connectivity index (χ0) is 15.8. The number of hydrogen-bond donors (Lipinski definition) is 2. The average molecular weight is 373 g/mol. The number of halogens is 1. The maximum atomic E-state index is 12.2. The van der Waals surface area contributed by atoms with Gasteiger partial charge in [-0.1, -0.05) is 15.9 Å².